The number of rotatable bonds is 2. The van der Waals surface area contributed by atoms with Gasteiger partial charge < -0.3 is 9.72 Å². The molecule has 0 unspecified atom stereocenters. The fourth-order valence-electron chi connectivity index (χ4n) is 2.25. The first-order valence-corrected chi connectivity index (χ1v) is 6.04. The number of esters is 1. The molecule has 94 valence electrons. The maximum atomic E-state index is 11.7. The molecular weight excluding hydrogens is 238 g/mol. The van der Waals surface area contributed by atoms with Crippen LogP contribution < -0.4 is 0 Å². The highest BCUT2D eigenvalue weighted by molar-refractivity contribution is 6.05. The van der Waals surface area contributed by atoms with Crippen molar-refractivity contribution in [2.75, 3.05) is 7.11 Å². The summed E-state index contributed by atoms with van der Waals surface area (Å²) in [7, 11) is 1.40. The molecule has 0 radical (unpaired) electrons. The first-order chi connectivity index (χ1) is 9.29. The zero-order valence-corrected chi connectivity index (χ0v) is 10.5. The topological polar surface area (TPSA) is 42.1 Å². The first kappa shape index (κ1) is 11.5. The van der Waals surface area contributed by atoms with Crippen molar-refractivity contribution in [3.05, 3.63) is 60.3 Å². The van der Waals surface area contributed by atoms with Crippen molar-refractivity contribution in [3.63, 3.8) is 0 Å². The molecule has 1 aromatic heterocycles. The number of aromatic amines is 1. The Balaban J connectivity index is 2.18. The SMILES string of the molecule is COC(=O)c1cccc2cc(-c3ccc[nH]3)ccc12. The van der Waals surface area contributed by atoms with Crippen LogP contribution in [-0.4, -0.2) is 18.1 Å². The fraction of sp³-hybridized carbons (Fsp3) is 0.0625. The van der Waals surface area contributed by atoms with E-state index < -0.39 is 0 Å². The van der Waals surface area contributed by atoms with E-state index in [0.717, 1.165) is 22.0 Å². The number of ether oxygens (including phenoxy) is 1. The molecule has 1 heterocycles. The third-order valence-corrected chi connectivity index (χ3v) is 3.19. The van der Waals surface area contributed by atoms with Crippen LogP contribution in [0.1, 0.15) is 10.4 Å². The van der Waals surface area contributed by atoms with Gasteiger partial charge in [0.25, 0.3) is 0 Å². The summed E-state index contributed by atoms with van der Waals surface area (Å²) >= 11 is 0. The number of fused-ring (bicyclic) bond motifs is 1. The van der Waals surface area contributed by atoms with E-state index in [4.69, 9.17) is 4.74 Å². The lowest BCUT2D eigenvalue weighted by Gasteiger charge is -2.06. The van der Waals surface area contributed by atoms with Crippen molar-refractivity contribution >= 4 is 16.7 Å². The van der Waals surface area contributed by atoms with E-state index in [1.54, 1.807) is 6.07 Å². The van der Waals surface area contributed by atoms with Gasteiger partial charge in [0.1, 0.15) is 0 Å². The summed E-state index contributed by atoms with van der Waals surface area (Å²) in [5, 5.41) is 1.93. The quantitative estimate of drug-likeness (QED) is 0.707. The number of H-pyrrole nitrogens is 1. The number of hydrogen-bond donors (Lipinski definition) is 1. The average Bonchev–Trinajstić information content (AvgIpc) is 2.99. The summed E-state index contributed by atoms with van der Waals surface area (Å²) in [6.45, 7) is 0. The lowest BCUT2D eigenvalue weighted by atomic mass is 10.0. The highest BCUT2D eigenvalue weighted by Crippen LogP contribution is 2.25. The molecule has 0 aliphatic rings. The molecule has 3 nitrogen and oxygen atoms in total. The highest BCUT2D eigenvalue weighted by Gasteiger charge is 2.10. The van der Waals surface area contributed by atoms with Crippen LogP contribution in [0.5, 0.6) is 0 Å². The largest absolute Gasteiger partial charge is 0.465 e. The number of aromatic nitrogens is 1. The van der Waals surface area contributed by atoms with E-state index in [9.17, 15) is 4.79 Å². The summed E-state index contributed by atoms with van der Waals surface area (Å²) in [6.07, 6.45) is 1.89. The van der Waals surface area contributed by atoms with E-state index >= 15 is 0 Å². The Kier molecular flexibility index (Phi) is 2.80. The second-order valence-corrected chi connectivity index (χ2v) is 4.32. The molecule has 0 bridgehead atoms. The van der Waals surface area contributed by atoms with Gasteiger partial charge in [0.15, 0.2) is 0 Å². The van der Waals surface area contributed by atoms with Crippen molar-refractivity contribution in [1.82, 2.24) is 4.98 Å². The summed E-state index contributed by atoms with van der Waals surface area (Å²) in [5.41, 5.74) is 2.75. The lowest BCUT2D eigenvalue weighted by molar-refractivity contribution is 0.0603. The van der Waals surface area contributed by atoms with Crippen molar-refractivity contribution in [2.24, 2.45) is 0 Å². The molecule has 0 saturated carbocycles. The lowest BCUT2D eigenvalue weighted by Crippen LogP contribution is -2.01. The van der Waals surface area contributed by atoms with Gasteiger partial charge in [0.05, 0.1) is 12.7 Å². The van der Waals surface area contributed by atoms with Crippen molar-refractivity contribution in [3.8, 4) is 11.3 Å². The second-order valence-electron chi connectivity index (χ2n) is 4.32. The van der Waals surface area contributed by atoms with Crippen LogP contribution in [0.25, 0.3) is 22.0 Å². The zero-order chi connectivity index (χ0) is 13.2. The van der Waals surface area contributed by atoms with E-state index in [1.165, 1.54) is 7.11 Å². The third kappa shape index (κ3) is 1.99. The zero-order valence-electron chi connectivity index (χ0n) is 10.5. The molecule has 2 aromatic carbocycles. The number of carbonyl (C=O) groups excluding carboxylic acids is 1. The van der Waals surface area contributed by atoms with E-state index in [-0.39, 0.29) is 5.97 Å². The Morgan fingerprint density at radius 3 is 2.74 bits per heavy atom. The Hall–Kier alpha value is -2.55. The molecule has 0 fully saturated rings. The summed E-state index contributed by atoms with van der Waals surface area (Å²) in [4.78, 5) is 14.9. The average molecular weight is 251 g/mol. The molecule has 0 spiro atoms. The molecule has 1 N–H and O–H groups in total. The van der Waals surface area contributed by atoms with Crippen LogP contribution in [-0.2, 0) is 4.74 Å². The van der Waals surface area contributed by atoms with Crippen molar-refractivity contribution in [2.45, 2.75) is 0 Å². The Labute approximate surface area is 110 Å². The van der Waals surface area contributed by atoms with Gasteiger partial charge in [-0.25, -0.2) is 4.79 Å². The second kappa shape index (κ2) is 4.61. The van der Waals surface area contributed by atoms with Crippen LogP contribution >= 0.6 is 0 Å². The first-order valence-electron chi connectivity index (χ1n) is 6.04. The highest BCUT2D eigenvalue weighted by atomic mass is 16.5. The number of methoxy groups -OCH3 is 1. The van der Waals surface area contributed by atoms with E-state index in [1.807, 2.05) is 42.6 Å². The molecule has 3 rings (SSSR count). The molecule has 0 aliphatic heterocycles. The Morgan fingerprint density at radius 1 is 1.11 bits per heavy atom. The van der Waals surface area contributed by atoms with Gasteiger partial charge in [0, 0.05) is 11.9 Å². The number of hydrogen-bond acceptors (Lipinski definition) is 2. The van der Waals surface area contributed by atoms with Crippen LogP contribution in [0.4, 0.5) is 0 Å². The summed E-state index contributed by atoms with van der Waals surface area (Å²) in [5.74, 6) is -0.307. The molecule has 0 saturated heterocycles. The van der Waals surface area contributed by atoms with Crippen molar-refractivity contribution < 1.29 is 9.53 Å². The predicted octanol–water partition coefficient (Wildman–Crippen LogP) is 3.62. The molecular formula is C16H13NO2. The minimum absolute atomic E-state index is 0.307. The van der Waals surface area contributed by atoms with Gasteiger partial charge >= 0.3 is 5.97 Å². The number of carbonyl (C=O) groups is 1. The third-order valence-electron chi connectivity index (χ3n) is 3.19. The minimum Gasteiger partial charge on any atom is -0.465 e. The number of nitrogens with one attached hydrogen (secondary N) is 1. The monoisotopic (exact) mass is 251 g/mol. The van der Waals surface area contributed by atoms with Gasteiger partial charge in [-0.15, -0.1) is 0 Å². The standard InChI is InChI=1S/C16H13NO2/c1-19-16(18)14-5-2-4-11-10-12(7-8-13(11)14)15-6-3-9-17-15/h2-10,17H,1H3. The van der Waals surface area contributed by atoms with Gasteiger partial charge in [-0.05, 0) is 40.6 Å². The van der Waals surface area contributed by atoms with E-state index in [2.05, 4.69) is 11.1 Å². The molecule has 3 heteroatoms. The maximum absolute atomic E-state index is 11.7. The van der Waals surface area contributed by atoms with Crippen LogP contribution in [0.2, 0.25) is 0 Å². The van der Waals surface area contributed by atoms with Gasteiger partial charge in [-0.2, -0.15) is 0 Å². The summed E-state index contributed by atoms with van der Waals surface area (Å²) < 4.78 is 4.80. The fourth-order valence-corrected chi connectivity index (χ4v) is 2.25. The molecule has 3 aromatic rings. The minimum atomic E-state index is -0.307. The van der Waals surface area contributed by atoms with E-state index in [0.29, 0.717) is 5.56 Å². The van der Waals surface area contributed by atoms with Crippen LogP contribution in [0, 0.1) is 0 Å². The van der Waals surface area contributed by atoms with Gasteiger partial charge in [0.2, 0.25) is 0 Å². The summed E-state index contributed by atoms with van der Waals surface area (Å²) in [6, 6.07) is 15.6. The normalized spacial score (nSPS) is 10.6. The van der Waals surface area contributed by atoms with Crippen LogP contribution in [0.3, 0.4) is 0 Å². The van der Waals surface area contributed by atoms with Gasteiger partial charge in [-0.3, -0.25) is 0 Å². The predicted molar refractivity (Wildman–Crippen MR) is 75.1 cm³/mol. The maximum Gasteiger partial charge on any atom is 0.338 e. The molecule has 0 amide bonds. The number of benzene rings is 2. The molecule has 19 heavy (non-hydrogen) atoms. The Bertz CT molecular complexity index is 730. The Morgan fingerprint density at radius 2 is 2.00 bits per heavy atom. The van der Waals surface area contributed by atoms with Crippen LogP contribution in [0.15, 0.2) is 54.7 Å². The van der Waals surface area contributed by atoms with Gasteiger partial charge in [-0.1, -0.05) is 24.3 Å². The molecule has 0 atom stereocenters. The smallest absolute Gasteiger partial charge is 0.338 e. The molecule has 0 aliphatic carbocycles. The van der Waals surface area contributed by atoms with Crippen molar-refractivity contribution in [1.29, 1.82) is 0 Å².